The highest BCUT2D eigenvalue weighted by atomic mass is 19.4. The number of anilines is 2. The number of hydrogen-bond donors (Lipinski definition) is 2. The average Bonchev–Trinajstić information content (AvgIpc) is 3.15. The van der Waals surface area contributed by atoms with E-state index >= 15 is 0 Å². The maximum absolute atomic E-state index is 12.6. The van der Waals surface area contributed by atoms with Crippen molar-refractivity contribution in [1.82, 2.24) is 9.88 Å². The molecule has 0 bridgehead atoms. The number of alkyl halides is 3. The van der Waals surface area contributed by atoms with Gasteiger partial charge in [-0.1, -0.05) is 18.2 Å². The number of hydrogen-bond acceptors (Lipinski definition) is 6. The van der Waals surface area contributed by atoms with E-state index in [1.165, 1.54) is 6.20 Å². The molecule has 11 heteroatoms. The van der Waals surface area contributed by atoms with Gasteiger partial charge in [0.1, 0.15) is 11.4 Å². The van der Waals surface area contributed by atoms with Crippen LogP contribution in [0.3, 0.4) is 0 Å². The average molecular weight is 462 g/mol. The number of nitrogens with one attached hydrogen (secondary N) is 1. The van der Waals surface area contributed by atoms with E-state index in [2.05, 4.69) is 10.3 Å². The number of aromatic nitrogens is 1. The van der Waals surface area contributed by atoms with Crippen molar-refractivity contribution in [3.8, 4) is 0 Å². The van der Waals surface area contributed by atoms with Crippen molar-refractivity contribution >= 4 is 34.3 Å². The van der Waals surface area contributed by atoms with E-state index in [1.807, 2.05) is 18.2 Å². The number of halogens is 3. The van der Waals surface area contributed by atoms with Crippen LogP contribution in [0, 0.1) is 6.92 Å². The minimum absolute atomic E-state index is 0.0253. The normalized spacial score (nSPS) is 15.5. The number of piperazine rings is 1. The lowest BCUT2D eigenvalue weighted by Crippen LogP contribution is -2.54. The molecule has 174 valence electrons. The minimum Gasteiger partial charge on any atom is -0.451 e. The SMILES string of the molecule is Cc1c(C(=O)Nc2ccc(N3CCN(C(=O)C(O)C(F)(F)F)CC3)nc2)oc2ccccc12. The lowest BCUT2D eigenvalue weighted by molar-refractivity contribution is -0.210. The number of carbonyl (C=O) groups excluding carboxylic acids is 2. The van der Waals surface area contributed by atoms with Crippen molar-refractivity contribution in [3.05, 3.63) is 53.9 Å². The first-order valence-electron chi connectivity index (χ1n) is 10.2. The third kappa shape index (κ3) is 4.63. The summed E-state index contributed by atoms with van der Waals surface area (Å²) < 4.78 is 43.3. The van der Waals surface area contributed by atoms with E-state index in [0.29, 0.717) is 17.1 Å². The summed E-state index contributed by atoms with van der Waals surface area (Å²) in [7, 11) is 0. The number of nitrogens with zero attached hydrogens (tertiary/aromatic N) is 3. The molecule has 2 amide bonds. The van der Waals surface area contributed by atoms with E-state index < -0.39 is 24.1 Å². The van der Waals surface area contributed by atoms with Gasteiger partial charge in [0, 0.05) is 37.1 Å². The van der Waals surface area contributed by atoms with Gasteiger partial charge in [0.05, 0.1) is 11.9 Å². The molecule has 1 saturated heterocycles. The molecule has 0 radical (unpaired) electrons. The molecule has 1 atom stereocenters. The van der Waals surface area contributed by atoms with E-state index in [1.54, 1.807) is 30.0 Å². The summed E-state index contributed by atoms with van der Waals surface area (Å²) in [5.41, 5.74) is 1.80. The third-order valence-corrected chi connectivity index (χ3v) is 5.51. The van der Waals surface area contributed by atoms with Crippen LogP contribution < -0.4 is 10.2 Å². The lowest BCUT2D eigenvalue weighted by atomic mass is 10.1. The highest BCUT2D eigenvalue weighted by molar-refractivity contribution is 6.06. The topological polar surface area (TPSA) is 98.9 Å². The molecule has 0 aliphatic carbocycles. The van der Waals surface area contributed by atoms with E-state index in [9.17, 15) is 22.8 Å². The van der Waals surface area contributed by atoms with Crippen LogP contribution in [-0.4, -0.2) is 65.3 Å². The van der Waals surface area contributed by atoms with Crippen LogP contribution in [0.4, 0.5) is 24.7 Å². The van der Waals surface area contributed by atoms with Crippen molar-refractivity contribution in [2.45, 2.75) is 19.2 Å². The Kier molecular flexibility index (Phi) is 5.98. The molecule has 0 spiro atoms. The second-order valence-corrected chi connectivity index (χ2v) is 7.67. The highest BCUT2D eigenvalue weighted by Gasteiger charge is 2.45. The number of fused-ring (bicyclic) bond motifs is 1. The largest absolute Gasteiger partial charge is 0.451 e. The molecular formula is C22H21F3N4O4. The van der Waals surface area contributed by atoms with Gasteiger partial charge in [-0.25, -0.2) is 4.98 Å². The molecule has 1 fully saturated rings. The number of aliphatic hydroxyl groups is 1. The molecule has 1 unspecified atom stereocenters. The number of amides is 2. The number of benzene rings is 1. The molecule has 3 aromatic rings. The summed E-state index contributed by atoms with van der Waals surface area (Å²) in [5, 5.41) is 12.7. The molecule has 1 aromatic carbocycles. The van der Waals surface area contributed by atoms with Crippen LogP contribution in [0.15, 0.2) is 47.0 Å². The van der Waals surface area contributed by atoms with Gasteiger partial charge in [-0.3, -0.25) is 9.59 Å². The molecule has 1 aliphatic rings. The van der Waals surface area contributed by atoms with Gasteiger partial charge in [0.2, 0.25) is 6.10 Å². The predicted octanol–water partition coefficient (Wildman–Crippen LogP) is 2.96. The fourth-order valence-electron chi connectivity index (χ4n) is 3.69. The molecule has 3 heterocycles. The number of carbonyl (C=O) groups is 2. The number of aryl methyl sites for hydroxylation is 1. The van der Waals surface area contributed by atoms with E-state index in [4.69, 9.17) is 9.52 Å². The second-order valence-electron chi connectivity index (χ2n) is 7.67. The first kappa shape index (κ1) is 22.6. The first-order valence-corrected chi connectivity index (χ1v) is 10.2. The van der Waals surface area contributed by atoms with Crippen molar-refractivity contribution in [1.29, 1.82) is 0 Å². The molecule has 4 rings (SSSR count). The summed E-state index contributed by atoms with van der Waals surface area (Å²) in [6.07, 6.45) is -6.53. The number of para-hydroxylation sites is 1. The van der Waals surface area contributed by atoms with Crippen LogP contribution >= 0.6 is 0 Å². The maximum Gasteiger partial charge on any atom is 0.423 e. The van der Waals surface area contributed by atoms with Crippen LogP contribution in [0.2, 0.25) is 0 Å². The van der Waals surface area contributed by atoms with E-state index in [0.717, 1.165) is 15.8 Å². The summed E-state index contributed by atoms with van der Waals surface area (Å²) in [6, 6.07) is 10.7. The molecule has 1 aliphatic heterocycles. The Bertz CT molecular complexity index is 1170. The molecule has 8 nitrogen and oxygen atoms in total. The summed E-state index contributed by atoms with van der Waals surface area (Å²) in [6.45, 7) is 2.37. The number of rotatable bonds is 4. The summed E-state index contributed by atoms with van der Waals surface area (Å²) in [5.74, 6) is -0.999. The first-order chi connectivity index (χ1) is 15.6. The Morgan fingerprint density at radius 1 is 1.12 bits per heavy atom. The molecule has 33 heavy (non-hydrogen) atoms. The molecule has 2 N–H and O–H groups in total. The minimum atomic E-state index is -4.99. The monoisotopic (exact) mass is 462 g/mol. The molecular weight excluding hydrogens is 441 g/mol. The quantitative estimate of drug-likeness (QED) is 0.619. The highest BCUT2D eigenvalue weighted by Crippen LogP contribution is 2.26. The number of aliphatic hydroxyl groups excluding tert-OH is 1. The zero-order valence-corrected chi connectivity index (χ0v) is 17.6. The Hall–Kier alpha value is -3.60. The van der Waals surface area contributed by atoms with Gasteiger partial charge in [0.15, 0.2) is 5.76 Å². The number of furan rings is 1. The third-order valence-electron chi connectivity index (χ3n) is 5.51. The zero-order chi connectivity index (χ0) is 23.8. The van der Waals surface area contributed by atoms with Gasteiger partial charge < -0.3 is 24.6 Å². The van der Waals surface area contributed by atoms with Crippen LogP contribution in [-0.2, 0) is 4.79 Å². The van der Waals surface area contributed by atoms with Crippen molar-refractivity contribution in [3.63, 3.8) is 0 Å². The lowest BCUT2D eigenvalue weighted by Gasteiger charge is -2.36. The number of pyridine rings is 1. The van der Waals surface area contributed by atoms with Crippen LogP contribution in [0.1, 0.15) is 16.1 Å². The Morgan fingerprint density at radius 3 is 2.42 bits per heavy atom. The zero-order valence-electron chi connectivity index (χ0n) is 17.6. The standard InChI is InChI=1S/C22H21F3N4O4/c1-13-15-4-2-3-5-16(15)33-18(13)20(31)27-14-6-7-17(26-12-14)28-8-10-29(11-9-28)21(32)19(30)22(23,24)25/h2-7,12,19,30H,8-11H2,1H3,(H,27,31). The summed E-state index contributed by atoms with van der Waals surface area (Å²) in [4.78, 5) is 31.5. The van der Waals surface area contributed by atoms with Crippen molar-refractivity contribution in [2.75, 3.05) is 36.4 Å². The van der Waals surface area contributed by atoms with Crippen LogP contribution in [0.5, 0.6) is 0 Å². The van der Waals surface area contributed by atoms with E-state index in [-0.39, 0.29) is 31.9 Å². The Labute approximate surface area is 186 Å². The Balaban J connectivity index is 1.36. The van der Waals surface area contributed by atoms with Crippen molar-refractivity contribution < 1.29 is 32.3 Å². The van der Waals surface area contributed by atoms with Gasteiger partial charge in [-0.2, -0.15) is 13.2 Å². The fraction of sp³-hybridized carbons (Fsp3) is 0.318. The molecule has 0 saturated carbocycles. The second kappa shape index (κ2) is 8.74. The smallest absolute Gasteiger partial charge is 0.423 e. The fourth-order valence-corrected chi connectivity index (χ4v) is 3.69. The van der Waals surface area contributed by atoms with Crippen molar-refractivity contribution in [2.24, 2.45) is 0 Å². The summed E-state index contributed by atoms with van der Waals surface area (Å²) >= 11 is 0. The maximum atomic E-state index is 12.6. The van der Waals surface area contributed by atoms with Crippen LogP contribution in [0.25, 0.3) is 11.0 Å². The van der Waals surface area contributed by atoms with Gasteiger partial charge in [-0.15, -0.1) is 0 Å². The van der Waals surface area contributed by atoms with Gasteiger partial charge >= 0.3 is 6.18 Å². The Morgan fingerprint density at radius 2 is 1.82 bits per heavy atom. The van der Waals surface area contributed by atoms with Gasteiger partial charge in [0.25, 0.3) is 11.8 Å². The van der Waals surface area contributed by atoms with Gasteiger partial charge in [-0.05, 0) is 25.1 Å². The molecule has 2 aromatic heterocycles. The predicted molar refractivity (Wildman–Crippen MR) is 114 cm³/mol.